The van der Waals surface area contributed by atoms with E-state index in [9.17, 15) is 60.7 Å². The second kappa shape index (κ2) is 27.3. The highest BCUT2D eigenvalue weighted by Crippen LogP contribution is 2.38. The van der Waals surface area contributed by atoms with Gasteiger partial charge in [-0.25, -0.2) is 0 Å². The number of cyclic esters (lactones) is 1. The smallest absolute Gasteiger partial charge is 0.311 e. The van der Waals surface area contributed by atoms with Crippen LogP contribution in [0, 0.1) is 17.8 Å². The molecule has 0 saturated carbocycles. The van der Waals surface area contributed by atoms with E-state index in [0.717, 1.165) is 0 Å². The highest BCUT2D eigenvalue weighted by Gasteiger charge is 2.50. The Morgan fingerprint density at radius 2 is 1.23 bits per heavy atom. The van der Waals surface area contributed by atoms with Gasteiger partial charge in [-0.05, 0) is 46.0 Å². The summed E-state index contributed by atoms with van der Waals surface area (Å²) in [5.41, 5.74) is 6.03. The average Bonchev–Trinajstić information content (AvgIpc) is 3.20. The number of allylic oxidation sites excluding steroid dienone is 12. The first-order valence-electron chi connectivity index (χ1n) is 22.2. The molecular formula is C47H73NO16. The van der Waals surface area contributed by atoms with Gasteiger partial charge in [0, 0.05) is 31.1 Å². The van der Waals surface area contributed by atoms with E-state index in [0.29, 0.717) is 0 Å². The molecule has 0 radical (unpaired) electrons. The fourth-order valence-corrected chi connectivity index (χ4v) is 8.00. The quantitative estimate of drug-likeness (QED) is 0.180. The molecule has 3 heterocycles. The van der Waals surface area contributed by atoms with Gasteiger partial charge in [-0.1, -0.05) is 98.9 Å². The summed E-state index contributed by atoms with van der Waals surface area (Å²) in [6.07, 6.45) is 7.94. The van der Waals surface area contributed by atoms with Crippen LogP contribution in [0.25, 0.3) is 0 Å². The number of carbonyl (C=O) groups excluding carboxylic acids is 1. The van der Waals surface area contributed by atoms with Gasteiger partial charge in [0.2, 0.25) is 0 Å². The number of carbonyl (C=O) groups is 2. The zero-order chi connectivity index (χ0) is 47.6. The predicted octanol–water partition coefficient (Wildman–Crippen LogP) is 1.74. The minimum absolute atomic E-state index is 0.0524. The van der Waals surface area contributed by atoms with E-state index in [2.05, 4.69) is 0 Å². The van der Waals surface area contributed by atoms with E-state index in [1.165, 1.54) is 0 Å². The van der Waals surface area contributed by atoms with Gasteiger partial charge < -0.3 is 75.7 Å². The van der Waals surface area contributed by atoms with Gasteiger partial charge >= 0.3 is 11.9 Å². The third-order valence-corrected chi connectivity index (χ3v) is 11.9. The lowest BCUT2D eigenvalue weighted by atomic mass is 9.83. The lowest BCUT2D eigenvalue weighted by Gasteiger charge is -2.45. The summed E-state index contributed by atoms with van der Waals surface area (Å²) in [4.78, 5) is 25.1. The van der Waals surface area contributed by atoms with Crippen molar-refractivity contribution in [3.05, 3.63) is 85.1 Å². The summed E-state index contributed by atoms with van der Waals surface area (Å²) >= 11 is 0. The number of carboxylic acid groups (broad SMARTS) is 1. The summed E-state index contributed by atoms with van der Waals surface area (Å²) in [6, 6.07) is -1.12. The van der Waals surface area contributed by atoms with Gasteiger partial charge in [-0.3, -0.25) is 9.59 Å². The Balaban J connectivity index is 1.83. The topological polar surface area (TPSA) is 299 Å². The molecule has 14 unspecified atom stereocenters. The first kappa shape index (κ1) is 54.9. The molecule has 0 aromatic rings. The number of esters is 1. The van der Waals surface area contributed by atoms with E-state index >= 15 is 0 Å². The molecule has 0 aromatic carbocycles. The molecule has 12 N–H and O–H groups in total. The van der Waals surface area contributed by atoms with Gasteiger partial charge in [-0.2, -0.15) is 0 Å². The molecule has 17 nitrogen and oxygen atoms in total. The molecule has 0 aromatic heterocycles. The Morgan fingerprint density at radius 1 is 0.688 bits per heavy atom. The standard InChI is InChI=1S/C47H73NO16/c1-28-18-15-13-11-9-7-5-6-8-10-12-14-16-21-36(63-46-44(57)41(48)43(56)31(4)62-46)25-38-40(45(58)59)37(53)27-47(60,64-38)26-33(50)20-17-19-32(49)22-34(51)23-35(52)24-39(54)61-30(3)29(2)42(28)55/h5-16,18,21,28-38,40-44,46,49-53,55-57,60H,17,19-20,22-27,48H2,1-4H3,(H,58,59)/b6-5+,9-7+,10-8+,13-11+,14-12+,18-15+,21-16+/t28-,29-,30-,31?,32?,33?,34?,35?,36?,37-,38?,40?,41?,42?,43?,44?,46?,47?/m0/s1. The second-order valence-corrected chi connectivity index (χ2v) is 17.4. The molecule has 3 rings (SSSR count). The molecule has 362 valence electrons. The van der Waals surface area contributed by atoms with Crippen molar-refractivity contribution < 1.29 is 79.6 Å². The number of nitrogens with two attached hydrogens (primary N) is 1. The van der Waals surface area contributed by atoms with Crippen LogP contribution < -0.4 is 5.73 Å². The maximum atomic E-state index is 12.6. The Morgan fingerprint density at radius 3 is 1.83 bits per heavy atom. The van der Waals surface area contributed by atoms with Crippen molar-refractivity contribution in [1.82, 2.24) is 0 Å². The van der Waals surface area contributed by atoms with Crippen LogP contribution in [0.15, 0.2) is 85.1 Å². The van der Waals surface area contributed by atoms with Crippen molar-refractivity contribution in [1.29, 1.82) is 0 Å². The maximum Gasteiger partial charge on any atom is 0.311 e. The summed E-state index contributed by atoms with van der Waals surface area (Å²) in [7, 11) is 0. The molecular weight excluding hydrogens is 835 g/mol. The molecule has 0 spiro atoms. The lowest BCUT2D eigenvalue weighted by Crippen LogP contribution is -2.61. The Bertz CT molecular complexity index is 1630. The van der Waals surface area contributed by atoms with Crippen molar-refractivity contribution >= 4 is 11.9 Å². The molecule has 0 amide bonds. The van der Waals surface area contributed by atoms with Crippen LogP contribution in [0.3, 0.4) is 0 Å². The van der Waals surface area contributed by atoms with Crippen LogP contribution in [0.5, 0.6) is 0 Å². The number of hydrogen-bond donors (Lipinski definition) is 11. The molecule has 17 heteroatoms. The molecule has 3 aliphatic rings. The summed E-state index contributed by atoms with van der Waals surface area (Å²) < 4.78 is 23.2. The molecule has 2 saturated heterocycles. The third kappa shape index (κ3) is 18.5. The van der Waals surface area contributed by atoms with Crippen molar-refractivity contribution in [2.75, 3.05) is 0 Å². The van der Waals surface area contributed by atoms with Crippen molar-refractivity contribution in [3.63, 3.8) is 0 Å². The molecule has 2 fully saturated rings. The Hall–Kier alpha value is -3.40. The van der Waals surface area contributed by atoms with Crippen molar-refractivity contribution in [3.8, 4) is 0 Å². The van der Waals surface area contributed by atoms with E-state index < -0.39 is 134 Å². The number of rotatable bonds is 3. The Labute approximate surface area is 376 Å². The number of hydrogen-bond acceptors (Lipinski definition) is 16. The number of ether oxygens (including phenoxy) is 4. The maximum absolute atomic E-state index is 12.6. The highest BCUT2D eigenvalue weighted by atomic mass is 16.7. The molecule has 3 aliphatic heterocycles. The number of carboxylic acids is 1. The van der Waals surface area contributed by atoms with Gasteiger partial charge in [-0.15, -0.1) is 0 Å². The summed E-state index contributed by atoms with van der Waals surface area (Å²) in [6.45, 7) is 6.81. The summed E-state index contributed by atoms with van der Waals surface area (Å²) in [5, 5.41) is 107. The lowest BCUT2D eigenvalue weighted by molar-refractivity contribution is -0.308. The number of fused-ring (bicyclic) bond motifs is 2. The average molecular weight is 908 g/mol. The first-order chi connectivity index (χ1) is 30.2. The fraction of sp³-hybridized carbons (Fsp3) is 0.660. The van der Waals surface area contributed by atoms with Crippen LogP contribution in [0.4, 0.5) is 0 Å². The highest BCUT2D eigenvalue weighted by molar-refractivity contribution is 5.71. The van der Waals surface area contributed by atoms with E-state index in [-0.39, 0.29) is 44.4 Å². The predicted molar refractivity (Wildman–Crippen MR) is 236 cm³/mol. The Kier molecular flexibility index (Phi) is 23.4. The number of aliphatic carboxylic acids is 1. The zero-order valence-electron chi connectivity index (χ0n) is 37.3. The number of aliphatic hydroxyl groups is 9. The van der Waals surface area contributed by atoms with Crippen LogP contribution in [-0.2, 0) is 28.5 Å². The van der Waals surface area contributed by atoms with Gasteiger partial charge in [0.05, 0.1) is 73.5 Å². The molecule has 0 aliphatic carbocycles. The van der Waals surface area contributed by atoms with Gasteiger partial charge in [0.1, 0.15) is 18.1 Å². The largest absolute Gasteiger partial charge is 0.481 e. The molecule has 18 atom stereocenters. The fourth-order valence-electron chi connectivity index (χ4n) is 8.00. The van der Waals surface area contributed by atoms with Crippen LogP contribution in [0.1, 0.15) is 85.5 Å². The SMILES string of the molecule is CC1OC(OC2/C=C/C=C/C=C/C=C/C=C/C=C/C=C/[C@H](C)C(O)[C@@H](C)[C@H](C)OC(=O)CC(O)CC(O)CC(O)CCCC(O)CC3(O)C[C@H](O)C(C(=O)O)C(C2)O3)C(O)C(N)C1O. The van der Waals surface area contributed by atoms with Crippen LogP contribution in [0.2, 0.25) is 0 Å². The normalized spacial score (nSPS) is 44.8. The van der Waals surface area contributed by atoms with Crippen molar-refractivity contribution in [2.24, 2.45) is 23.5 Å². The molecule has 2 bridgehead atoms. The first-order valence-corrected chi connectivity index (χ1v) is 22.2. The minimum Gasteiger partial charge on any atom is -0.481 e. The second-order valence-electron chi connectivity index (χ2n) is 17.4. The van der Waals surface area contributed by atoms with Gasteiger partial charge in [0.15, 0.2) is 12.1 Å². The van der Waals surface area contributed by atoms with E-state index in [1.54, 1.807) is 69.4 Å². The van der Waals surface area contributed by atoms with E-state index in [4.69, 9.17) is 24.7 Å². The minimum atomic E-state index is -2.18. The summed E-state index contributed by atoms with van der Waals surface area (Å²) in [5.74, 6) is -6.51. The monoisotopic (exact) mass is 907 g/mol. The van der Waals surface area contributed by atoms with Crippen LogP contribution >= 0.6 is 0 Å². The van der Waals surface area contributed by atoms with Gasteiger partial charge in [0.25, 0.3) is 0 Å². The number of aliphatic hydroxyl groups excluding tert-OH is 8. The molecule has 64 heavy (non-hydrogen) atoms. The van der Waals surface area contributed by atoms with E-state index in [1.807, 2.05) is 43.4 Å². The third-order valence-electron chi connectivity index (χ3n) is 11.9. The van der Waals surface area contributed by atoms with Crippen molar-refractivity contribution in [2.45, 2.75) is 177 Å². The van der Waals surface area contributed by atoms with Crippen LogP contribution in [-0.4, -0.2) is 154 Å². The zero-order valence-corrected chi connectivity index (χ0v) is 37.3.